The van der Waals surface area contributed by atoms with E-state index in [1.54, 1.807) is 24.1 Å². The van der Waals surface area contributed by atoms with Crippen LogP contribution in [0.15, 0.2) is 24.3 Å². The van der Waals surface area contributed by atoms with Gasteiger partial charge in [-0.3, -0.25) is 4.79 Å². The molecule has 2 rings (SSSR count). The van der Waals surface area contributed by atoms with E-state index < -0.39 is 5.54 Å². The number of carbonyl (C=O) groups excluding carboxylic acids is 1. The molecule has 0 aliphatic heterocycles. The van der Waals surface area contributed by atoms with Crippen molar-refractivity contribution in [1.82, 2.24) is 4.90 Å². The van der Waals surface area contributed by atoms with Gasteiger partial charge < -0.3 is 15.4 Å². The van der Waals surface area contributed by atoms with Gasteiger partial charge in [0.05, 0.1) is 12.1 Å². The van der Waals surface area contributed by atoms with Gasteiger partial charge in [0, 0.05) is 7.05 Å². The van der Waals surface area contributed by atoms with E-state index in [0.717, 1.165) is 25.7 Å². The quantitative estimate of drug-likeness (QED) is 0.896. The van der Waals surface area contributed by atoms with Gasteiger partial charge in [0.15, 0.2) is 0 Å². The minimum Gasteiger partial charge on any atom is -0.492 e. The Morgan fingerprint density at radius 3 is 2.55 bits per heavy atom. The zero-order chi connectivity index (χ0) is 14.6. The lowest BCUT2D eigenvalue weighted by molar-refractivity contribution is -0.135. The van der Waals surface area contributed by atoms with Gasteiger partial charge in [-0.15, -0.1) is 0 Å². The van der Waals surface area contributed by atoms with Crippen LogP contribution < -0.4 is 10.5 Å². The molecule has 1 aliphatic rings. The molecule has 4 nitrogen and oxygen atoms in total. The second kappa shape index (κ2) is 6.22. The molecule has 1 aromatic carbocycles. The summed E-state index contributed by atoms with van der Waals surface area (Å²) in [6, 6.07) is 5.83. The number of nitrogens with two attached hydrogens (primary N) is 1. The minimum absolute atomic E-state index is 0.0160. The fourth-order valence-corrected chi connectivity index (χ4v) is 2.53. The number of rotatable bonds is 5. The number of halogens is 1. The second-order valence-electron chi connectivity index (χ2n) is 5.39. The minimum atomic E-state index is -0.690. The van der Waals surface area contributed by atoms with Gasteiger partial charge in [0.2, 0.25) is 5.91 Å². The van der Waals surface area contributed by atoms with Crippen molar-refractivity contribution < 1.29 is 13.9 Å². The van der Waals surface area contributed by atoms with Crippen LogP contribution in [-0.4, -0.2) is 36.5 Å². The topological polar surface area (TPSA) is 55.6 Å². The molecule has 0 bridgehead atoms. The molecular formula is C15H21FN2O2. The number of benzene rings is 1. The fraction of sp³-hybridized carbons (Fsp3) is 0.533. The average Bonchev–Trinajstić information content (AvgIpc) is 2.88. The highest BCUT2D eigenvalue weighted by Crippen LogP contribution is 2.28. The lowest BCUT2D eigenvalue weighted by Crippen LogP contribution is -2.53. The molecule has 1 saturated carbocycles. The number of hydrogen-bond acceptors (Lipinski definition) is 3. The van der Waals surface area contributed by atoms with Crippen LogP contribution in [-0.2, 0) is 4.79 Å². The molecule has 0 atom stereocenters. The number of amides is 1. The summed E-state index contributed by atoms with van der Waals surface area (Å²) in [5.41, 5.74) is 5.44. The Kier molecular flexibility index (Phi) is 4.60. The Balaban J connectivity index is 1.78. The molecule has 1 amide bonds. The highest BCUT2D eigenvalue weighted by molar-refractivity contribution is 5.86. The lowest BCUT2D eigenvalue weighted by Gasteiger charge is -2.28. The summed E-state index contributed by atoms with van der Waals surface area (Å²) in [6.45, 7) is 0.832. The summed E-state index contributed by atoms with van der Waals surface area (Å²) in [5.74, 6) is 0.282. The predicted molar refractivity (Wildman–Crippen MR) is 74.9 cm³/mol. The Labute approximate surface area is 118 Å². The van der Waals surface area contributed by atoms with Crippen LogP contribution in [0.1, 0.15) is 25.7 Å². The zero-order valence-corrected chi connectivity index (χ0v) is 11.8. The maximum Gasteiger partial charge on any atom is 0.242 e. The van der Waals surface area contributed by atoms with Crippen LogP contribution in [0.2, 0.25) is 0 Å². The third-order valence-corrected chi connectivity index (χ3v) is 3.78. The smallest absolute Gasteiger partial charge is 0.242 e. The van der Waals surface area contributed by atoms with E-state index in [1.807, 2.05) is 0 Å². The molecule has 0 unspecified atom stereocenters. The molecule has 0 saturated heterocycles. The number of ether oxygens (including phenoxy) is 1. The standard InChI is InChI=1S/C15H21FN2O2/c1-18(14(19)15(17)8-2-3-9-15)10-11-20-13-6-4-12(16)5-7-13/h4-7H,2-3,8-11,17H2,1H3. The van der Waals surface area contributed by atoms with Gasteiger partial charge in [-0.1, -0.05) is 12.8 Å². The summed E-state index contributed by atoms with van der Waals surface area (Å²) in [7, 11) is 1.74. The van der Waals surface area contributed by atoms with Crippen LogP contribution in [0.4, 0.5) is 4.39 Å². The normalized spacial score (nSPS) is 16.9. The van der Waals surface area contributed by atoms with Gasteiger partial charge in [0.1, 0.15) is 18.2 Å². The first kappa shape index (κ1) is 14.8. The lowest BCUT2D eigenvalue weighted by atomic mass is 9.97. The van der Waals surface area contributed by atoms with Gasteiger partial charge in [-0.05, 0) is 37.1 Å². The van der Waals surface area contributed by atoms with Crippen LogP contribution in [0.3, 0.4) is 0 Å². The molecule has 1 fully saturated rings. The predicted octanol–water partition coefficient (Wildman–Crippen LogP) is 1.93. The maximum absolute atomic E-state index is 12.7. The van der Waals surface area contributed by atoms with Gasteiger partial charge in [-0.25, -0.2) is 4.39 Å². The summed E-state index contributed by atoms with van der Waals surface area (Å²) in [6.07, 6.45) is 3.55. The van der Waals surface area contributed by atoms with E-state index in [2.05, 4.69) is 0 Å². The third kappa shape index (κ3) is 3.48. The summed E-state index contributed by atoms with van der Waals surface area (Å²) in [4.78, 5) is 13.9. The molecule has 2 N–H and O–H groups in total. The van der Waals surface area contributed by atoms with Crippen molar-refractivity contribution in [2.45, 2.75) is 31.2 Å². The van der Waals surface area contributed by atoms with Gasteiger partial charge in [0.25, 0.3) is 0 Å². The van der Waals surface area contributed by atoms with Crippen molar-refractivity contribution in [2.75, 3.05) is 20.2 Å². The van der Waals surface area contributed by atoms with E-state index in [0.29, 0.717) is 18.9 Å². The van der Waals surface area contributed by atoms with E-state index in [1.165, 1.54) is 12.1 Å². The highest BCUT2D eigenvalue weighted by atomic mass is 19.1. The Morgan fingerprint density at radius 2 is 1.95 bits per heavy atom. The number of hydrogen-bond donors (Lipinski definition) is 1. The van der Waals surface area contributed by atoms with Crippen LogP contribution in [0, 0.1) is 5.82 Å². The molecule has 1 aromatic rings. The zero-order valence-electron chi connectivity index (χ0n) is 11.8. The summed E-state index contributed by atoms with van der Waals surface area (Å²) >= 11 is 0. The van der Waals surface area contributed by atoms with E-state index in [9.17, 15) is 9.18 Å². The Hall–Kier alpha value is -1.62. The number of carbonyl (C=O) groups is 1. The Bertz CT molecular complexity index is 455. The SMILES string of the molecule is CN(CCOc1ccc(F)cc1)C(=O)C1(N)CCCC1. The maximum atomic E-state index is 12.7. The average molecular weight is 280 g/mol. The summed E-state index contributed by atoms with van der Waals surface area (Å²) < 4.78 is 18.2. The highest BCUT2D eigenvalue weighted by Gasteiger charge is 2.38. The van der Waals surface area contributed by atoms with Gasteiger partial charge in [-0.2, -0.15) is 0 Å². The largest absolute Gasteiger partial charge is 0.492 e. The van der Waals surface area contributed by atoms with Gasteiger partial charge >= 0.3 is 0 Å². The van der Waals surface area contributed by atoms with Crippen molar-refractivity contribution in [1.29, 1.82) is 0 Å². The second-order valence-corrected chi connectivity index (χ2v) is 5.39. The monoisotopic (exact) mass is 280 g/mol. The fourth-order valence-electron chi connectivity index (χ4n) is 2.53. The first-order valence-electron chi connectivity index (χ1n) is 6.94. The number of nitrogens with zero attached hydrogens (tertiary/aromatic N) is 1. The summed E-state index contributed by atoms with van der Waals surface area (Å²) in [5, 5.41) is 0. The molecule has 20 heavy (non-hydrogen) atoms. The van der Waals surface area contributed by atoms with Crippen molar-refractivity contribution in [3.8, 4) is 5.75 Å². The van der Waals surface area contributed by atoms with Crippen molar-refractivity contribution in [3.05, 3.63) is 30.1 Å². The molecule has 110 valence electrons. The molecule has 0 heterocycles. The van der Waals surface area contributed by atoms with Crippen LogP contribution in [0.5, 0.6) is 5.75 Å². The molecule has 0 aromatic heterocycles. The molecule has 5 heteroatoms. The first-order valence-corrected chi connectivity index (χ1v) is 6.94. The first-order chi connectivity index (χ1) is 9.51. The molecule has 0 radical (unpaired) electrons. The molecule has 1 aliphatic carbocycles. The molecule has 0 spiro atoms. The number of likely N-dealkylation sites (N-methyl/N-ethyl adjacent to an activating group) is 1. The van der Waals surface area contributed by atoms with Crippen LogP contribution in [0.25, 0.3) is 0 Å². The van der Waals surface area contributed by atoms with Crippen LogP contribution >= 0.6 is 0 Å². The van der Waals surface area contributed by atoms with Crippen molar-refractivity contribution in [3.63, 3.8) is 0 Å². The van der Waals surface area contributed by atoms with E-state index >= 15 is 0 Å². The van der Waals surface area contributed by atoms with E-state index in [-0.39, 0.29) is 11.7 Å². The van der Waals surface area contributed by atoms with E-state index in [4.69, 9.17) is 10.5 Å². The van der Waals surface area contributed by atoms with Crippen molar-refractivity contribution in [2.24, 2.45) is 5.73 Å². The molecular weight excluding hydrogens is 259 g/mol. The van der Waals surface area contributed by atoms with Crippen molar-refractivity contribution >= 4 is 5.91 Å². The third-order valence-electron chi connectivity index (χ3n) is 3.78. The Morgan fingerprint density at radius 1 is 1.35 bits per heavy atom.